The molecule has 5 heteroatoms. The fourth-order valence-corrected chi connectivity index (χ4v) is 2.64. The molecule has 0 radical (unpaired) electrons. The molecule has 0 unspecified atom stereocenters. The number of anilines is 1. The standard InChI is InChI=1S/C16H17N3O2/c20-16(21)13-9-12-4-1-5-14(12)19-15(13)18-8-6-11-3-2-7-17-10-11/h2-3,7,9-10H,1,4-6,8H2,(H,18,19)(H,20,21). The lowest BCUT2D eigenvalue weighted by Crippen LogP contribution is -2.12. The van der Waals surface area contributed by atoms with E-state index in [4.69, 9.17) is 0 Å². The van der Waals surface area contributed by atoms with Gasteiger partial charge < -0.3 is 10.4 Å². The van der Waals surface area contributed by atoms with Gasteiger partial charge in [0.15, 0.2) is 0 Å². The van der Waals surface area contributed by atoms with Crippen molar-refractivity contribution < 1.29 is 9.90 Å². The van der Waals surface area contributed by atoms with Crippen molar-refractivity contribution in [2.45, 2.75) is 25.7 Å². The van der Waals surface area contributed by atoms with E-state index in [2.05, 4.69) is 15.3 Å². The van der Waals surface area contributed by atoms with Gasteiger partial charge in [0, 0.05) is 24.6 Å². The second-order valence-corrected chi connectivity index (χ2v) is 5.19. The minimum absolute atomic E-state index is 0.266. The van der Waals surface area contributed by atoms with Gasteiger partial charge in [0.05, 0.1) is 0 Å². The molecule has 5 nitrogen and oxygen atoms in total. The molecule has 0 spiro atoms. The van der Waals surface area contributed by atoms with Crippen LogP contribution in [0.4, 0.5) is 5.82 Å². The minimum atomic E-state index is -0.930. The Bertz CT molecular complexity index is 656. The Kier molecular flexibility index (Phi) is 3.81. The summed E-state index contributed by atoms with van der Waals surface area (Å²) >= 11 is 0. The summed E-state index contributed by atoms with van der Waals surface area (Å²) in [6.45, 7) is 0.637. The van der Waals surface area contributed by atoms with E-state index in [1.165, 1.54) is 0 Å². The van der Waals surface area contributed by atoms with Crippen LogP contribution >= 0.6 is 0 Å². The van der Waals surface area contributed by atoms with Gasteiger partial charge in [-0.15, -0.1) is 0 Å². The number of aromatic carboxylic acids is 1. The molecule has 0 saturated heterocycles. The number of carboxylic acid groups (broad SMARTS) is 1. The van der Waals surface area contributed by atoms with Gasteiger partial charge >= 0.3 is 5.97 Å². The number of rotatable bonds is 5. The zero-order chi connectivity index (χ0) is 14.7. The highest BCUT2D eigenvalue weighted by Gasteiger charge is 2.19. The topological polar surface area (TPSA) is 75.1 Å². The Balaban J connectivity index is 1.74. The summed E-state index contributed by atoms with van der Waals surface area (Å²) in [6.07, 6.45) is 7.26. The van der Waals surface area contributed by atoms with Crippen LogP contribution in [0.2, 0.25) is 0 Å². The van der Waals surface area contributed by atoms with Crippen LogP contribution in [-0.2, 0) is 19.3 Å². The van der Waals surface area contributed by atoms with Gasteiger partial charge in [-0.2, -0.15) is 0 Å². The van der Waals surface area contributed by atoms with Crippen LogP contribution in [0.3, 0.4) is 0 Å². The number of carboxylic acids is 1. The summed E-state index contributed by atoms with van der Waals surface area (Å²) in [7, 11) is 0. The maximum Gasteiger partial charge on any atom is 0.339 e. The number of pyridine rings is 2. The average Bonchev–Trinajstić information content (AvgIpc) is 2.94. The van der Waals surface area contributed by atoms with Crippen molar-refractivity contribution in [1.82, 2.24) is 9.97 Å². The molecule has 2 heterocycles. The van der Waals surface area contributed by atoms with Gasteiger partial charge in [-0.1, -0.05) is 6.07 Å². The van der Waals surface area contributed by atoms with E-state index < -0.39 is 5.97 Å². The molecule has 2 aromatic heterocycles. The maximum absolute atomic E-state index is 11.4. The van der Waals surface area contributed by atoms with E-state index in [0.717, 1.165) is 42.5 Å². The van der Waals surface area contributed by atoms with Crippen molar-refractivity contribution in [1.29, 1.82) is 0 Å². The largest absolute Gasteiger partial charge is 0.478 e. The van der Waals surface area contributed by atoms with Crippen molar-refractivity contribution in [2.75, 3.05) is 11.9 Å². The van der Waals surface area contributed by atoms with E-state index in [1.807, 2.05) is 18.3 Å². The first kappa shape index (κ1) is 13.5. The summed E-state index contributed by atoms with van der Waals surface area (Å²) in [6, 6.07) is 5.67. The zero-order valence-corrected chi connectivity index (χ0v) is 11.7. The van der Waals surface area contributed by atoms with Gasteiger partial charge in [0.2, 0.25) is 0 Å². The number of hydrogen-bond donors (Lipinski definition) is 2. The highest BCUT2D eigenvalue weighted by Crippen LogP contribution is 2.25. The lowest BCUT2D eigenvalue weighted by Gasteiger charge is -2.11. The molecule has 21 heavy (non-hydrogen) atoms. The smallest absolute Gasteiger partial charge is 0.339 e. The van der Waals surface area contributed by atoms with E-state index in [9.17, 15) is 9.90 Å². The second kappa shape index (κ2) is 5.91. The number of nitrogens with zero attached hydrogens (tertiary/aromatic N) is 2. The number of hydrogen-bond acceptors (Lipinski definition) is 4. The molecule has 108 valence electrons. The van der Waals surface area contributed by atoms with Crippen molar-refractivity contribution in [2.24, 2.45) is 0 Å². The fraction of sp³-hybridized carbons (Fsp3) is 0.312. The lowest BCUT2D eigenvalue weighted by atomic mass is 10.1. The quantitative estimate of drug-likeness (QED) is 0.880. The van der Waals surface area contributed by atoms with Gasteiger partial charge in [0.25, 0.3) is 0 Å². The Morgan fingerprint density at radius 3 is 3.05 bits per heavy atom. The minimum Gasteiger partial charge on any atom is -0.478 e. The first-order chi connectivity index (χ1) is 10.2. The fourth-order valence-electron chi connectivity index (χ4n) is 2.64. The van der Waals surface area contributed by atoms with Crippen molar-refractivity contribution in [3.8, 4) is 0 Å². The Labute approximate surface area is 123 Å². The van der Waals surface area contributed by atoms with Crippen LogP contribution in [0.5, 0.6) is 0 Å². The molecule has 2 aromatic rings. The molecule has 0 fully saturated rings. The maximum atomic E-state index is 11.4. The molecule has 0 amide bonds. The SMILES string of the molecule is O=C(O)c1cc2c(nc1NCCc1cccnc1)CCC2. The van der Waals surface area contributed by atoms with Crippen LogP contribution in [-0.4, -0.2) is 27.6 Å². The number of fused-ring (bicyclic) bond motifs is 1. The van der Waals surface area contributed by atoms with Crippen molar-refractivity contribution in [3.05, 3.63) is 53.0 Å². The molecule has 1 aliphatic rings. The van der Waals surface area contributed by atoms with Crippen LogP contribution < -0.4 is 5.32 Å². The zero-order valence-electron chi connectivity index (χ0n) is 11.7. The van der Waals surface area contributed by atoms with Crippen LogP contribution in [0, 0.1) is 0 Å². The Hall–Kier alpha value is -2.43. The highest BCUT2D eigenvalue weighted by molar-refractivity contribution is 5.93. The van der Waals surface area contributed by atoms with Gasteiger partial charge in [-0.05, 0) is 48.9 Å². The third-order valence-electron chi connectivity index (χ3n) is 3.71. The number of aryl methyl sites for hydroxylation is 2. The Morgan fingerprint density at radius 1 is 1.38 bits per heavy atom. The van der Waals surface area contributed by atoms with E-state index >= 15 is 0 Å². The first-order valence-electron chi connectivity index (χ1n) is 7.13. The molecule has 0 aliphatic heterocycles. The van der Waals surface area contributed by atoms with Crippen molar-refractivity contribution >= 4 is 11.8 Å². The summed E-state index contributed by atoms with van der Waals surface area (Å²) in [4.78, 5) is 19.9. The van der Waals surface area contributed by atoms with Crippen LogP contribution in [0.1, 0.15) is 33.6 Å². The number of carbonyl (C=O) groups is 1. The number of nitrogens with one attached hydrogen (secondary N) is 1. The molecular formula is C16H17N3O2. The predicted octanol–water partition coefficient (Wildman–Crippen LogP) is 2.32. The molecule has 1 aliphatic carbocycles. The Morgan fingerprint density at radius 2 is 2.29 bits per heavy atom. The molecule has 3 rings (SSSR count). The molecule has 0 saturated carbocycles. The van der Waals surface area contributed by atoms with Gasteiger partial charge in [-0.25, -0.2) is 9.78 Å². The molecule has 0 bridgehead atoms. The third-order valence-corrected chi connectivity index (χ3v) is 3.71. The summed E-state index contributed by atoms with van der Waals surface area (Å²) in [5, 5.41) is 12.5. The van der Waals surface area contributed by atoms with Gasteiger partial charge in [0.1, 0.15) is 11.4 Å². The van der Waals surface area contributed by atoms with E-state index in [-0.39, 0.29) is 5.56 Å². The second-order valence-electron chi connectivity index (χ2n) is 5.19. The normalized spacial score (nSPS) is 13.0. The van der Waals surface area contributed by atoms with Crippen molar-refractivity contribution in [3.63, 3.8) is 0 Å². The molecular weight excluding hydrogens is 266 g/mol. The summed E-state index contributed by atoms with van der Waals surface area (Å²) in [5.74, 6) is -0.451. The monoisotopic (exact) mass is 283 g/mol. The van der Waals surface area contributed by atoms with Crippen LogP contribution in [0.15, 0.2) is 30.6 Å². The third kappa shape index (κ3) is 3.02. The first-order valence-corrected chi connectivity index (χ1v) is 7.13. The van der Waals surface area contributed by atoms with Crippen LogP contribution in [0.25, 0.3) is 0 Å². The molecule has 2 N–H and O–H groups in total. The van der Waals surface area contributed by atoms with Gasteiger partial charge in [-0.3, -0.25) is 4.98 Å². The molecule has 0 aromatic carbocycles. The average molecular weight is 283 g/mol. The molecule has 0 atom stereocenters. The number of aromatic nitrogens is 2. The predicted molar refractivity (Wildman–Crippen MR) is 79.7 cm³/mol. The summed E-state index contributed by atoms with van der Waals surface area (Å²) < 4.78 is 0. The summed E-state index contributed by atoms with van der Waals surface area (Å²) in [5.41, 5.74) is 3.49. The van der Waals surface area contributed by atoms with E-state index in [1.54, 1.807) is 12.3 Å². The lowest BCUT2D eigenvalue weighted by molar-refractivity contribution is 0.0697. The van der Waals surface area contributed by atoms with E-state index in [0.29, 0.717) is 12.4 Å². The highest BCUT2D eigenvalue weighted by atomic mass is 16.4.